The number of nitrogens with zero attached hydrogens (tertiary/aromatic N) is 2. The molecule has 0 aliphatic carbocycles. The first kappa shape index (κ1) is 35.6. The van der Waals surface area contributed by atoms with Gasteiger partial charge in [0.25, 0.3) is 5.91 Å². The molecule has 0 spiro atoms. The van der Waals surface area contributed by atoms with Gasteiger partial charge in [-0.25, -0.2) is 4.79 Å². The van der Waals surface area contributed by atoms with Gasteiger partial charge in [-0.2, -0.15) is 0 Å². The van der Waals surface area contributed by atoms with E-state index in [1.165, 1.54) is 0 Å². The predicted octanol–water partition coefficient (Wildman–Crippen LogP) is 4.10. The molecule has 11 heteroatoms. The first-order valence-corrected chi connectivity index (χ1v) is 15.5. The number of rotatable bonds is 15. The fourth-order valence-electron chi connectivity index (χ4n) is 5.10. The van der Waals surface area contributed by atoms with Gasteiger partial charge < -0.3 is 39.4 Å². The van der Waals surface area contributed by atoms with Crippen LogP contribution in [0, 0.1) is 5.92 Å². The lowest BCUT2D eigenvalue weighted by molar-refractivity contribution is -0.120. The summed E-state index contributed by atoms with van der Waals surface area (Å²) in [4.78, 5) is 43.1. The monoisotopic (exact) mass is 626 g/mol. The number of benzene rings is 2. The van der Waals surface area contributed by atoms with E-state index in [9.17, 15) is 14.4 Å². The molecule has 0 bridgehead atoms. The maximum atomic E-state index is 13.9. The minimum Gasteiger partial charge on any atom is -0.493 e. The molecule has 11 nitrogen and oxygen atoms in total. The molecule has 1 saturated heterocycles. The van der Waals surface area contributed by atoms with Crippen LogP contribution in [0.5, 0.6) is 11.5 Å². The van der Waals surface area contributed by atoms with E-state index in [0.29, 0.717) is 62.9 Å². The second-order valence-corrected chi connectivity index (χ2v) is 12.5. The van der Waals surface area contributed by atoms with Crippen molar-refractivity contribution in [2.45, 2.75) is 65.3 Å². The van der Waals surface area contributed by atoms with E-state index in [1.54, 1.807) is 42.2 Å². The third-order valence-electron chi connectivity index (χ3n) is 7.43. The predicted molar refractivity (Wildman–Crippen MR) is 173 cm³/mol. The summed E-state index contributed by atoms with van der Waals surface area (Å²) in [5.41, 5.74) is 0.833. The molecule has 0 radical (unpaired) electrons. The Balaban J connectivity index is 1.74. The van der Waals surface area contributed by atoms with Crippen molar-refractivity contribution in [2.75, 3.05) is 53.6 Å². The highest BCUT2D eigenvalue weighted by molar-refractivity contribution is 5.95. The lowest BCUT2D eigenvalue weighted by atomic mass is 10.0. The Hall–Kier alpha value is -3.83. The molecule has 1 heterocycles. The van der Waals surface area contributed by atoms with Gasteiger partial charge in [0, 0.05) is 69.9 Å². The molecular formula is C34H50N4O7. The Morgan fingerprint density at radius 2 is 1.73 bits per heavy atom. The van der Waals surface area contributed by atoms with Crippen molar-refractivity contribution in [3.63, 3.8) is 0 Å². The van der Waals surface area contributed by atoms with Crippen molar-refractivity contribution >= 4 is 17.9 Å². The van der Waals surface area contributed by atoms with E-state index < -0.39 is 11.7 Å². The Labute approximate surface area is 267 Å². The van der Waals surface area contributed by atoms with Crippen molar-refractivity contribution in [2.24, 2.45) is 5.92 Å². The van der Waals surface area contributed by atoms with Crippen LogP contribution in [0.15, 0.2) is 48.5 Å². The van der Waals surface area contributed by atoms with Gasteiger partial charge in [-0.1, -0.05) is 30.3 Å². The maximum absolute atomic E-state index is 13.9. The number of ether oxygens (including phenoxy) is 4. The van der Waals surface area contributed by atoms with E-state index in [4.69, 9.17) is 18.9 Å². The fraction of sp³-hybridized carbons (Fsp3) is 0.559. The molecule has 3 amide bonds. The zero-order valence-electron chi connectivity index (χ0n) is 27.8. The Kier molecular flexibility index (Phi) is 13.5. The lowest BCUT2D eigenvalue weighted by Crippen LogP contribution is -2.48. The molecule has 1 fully saturated rings. The normalized spacial score (nSPS) is 16.4. The molecule has 1 aliphatic heterocycles. The van der Waals surface area contributed by atoms with Crippen molar-refractivity contribution in [3.05, 3.63) is 59.7 Å². The standard InChI is InChI=1S/C34H50N4O7/c1-24(2)38(32(40)26-14-15-29(43-7)30(18-26)44-17-11-16-42-6)22-27-21-37(33(41)45-34(3,4)5)23-28(27)35-20-31(39)36-19-25-12-9-8-10-13-25/h8-10,12-15,18,24,27-28,35H,11,16-17,19-23H2,1-7H3,(H,36,39). The summed E-state index contributed by atoms with van der Waals surface area (Å²) in [5.74, 6) is 0.569. The molecule has 2 atom stereocenters. The van der Waals surface area contributed by atoms with E-state index >= 15 is 0 Å². The molecular weight excluding hydrogens is 576 g/mol. The van der Waals surface area contributed by atoms with Crippen LogP contribution in [0.3, 0.4) is 0 Å². The third-order valence-corrected chi connectivity index (χ3v) is 7.43. The highest BCUT2D eigenvalue weighted by Gasteiger charge is 2.39. The number of nitrogens with one attached hydrogen (secondary N) is 2. The smallest absolute Gasteiger partial charge is 0.410 e. The van der Waals surface area contributed by atoms with Crippen LogP contribution in [0.1, 0.15) is 57.0 Å². The molecule has 3 rings (SSSR count). The van der Waals surface area contributed by atoms with Crippen molar-refractivity contribution in [1.29, 1.82) is 0 Å². The van der Waals surface area contributed by atoms with Crippen LogP contribution >= 0.6 is 0 Å². The number of amides is 3. The van der Waals surface area contributed by atoms with E-state index in [2.05, 4.69) is 10.6 Å². The molecule has 0 aromatic heterocycles. The van der Waals surface area contributed by atoms with E-state index in [0.717, 1.165) is 5.56 Å². The Morgan fingerprint density at radius 3 is 2.38 bits per heavy atom. The summed E-state index contributed by atoms with van der Waals surface area (Å²) in [6.07, 6.45) is 0.280. The molecule has 1 aliphatic rings. The topological polar surface area (TPSA) is 119 Å². The van der Waals surface area contributed by atoms with Crippen LogP contribution in [0.25, 0.3) is 0 Å². The zero-order chi connectivity index (χ0) is 33.0. The largest absolute Gasteiger partial charge is 0.493 e. The Bertz CT molecular complexity index is 1250. The second-order valence-electron chi connectivity index (χ2n) is 12.5. The first-order valence-electron chi connectivity index (χ1n) is 15.5. The second kappa shape index (κ2) is 17.0. The number of carbonyl (C=O) groups is 3. The van der Waals surface area contributed by atoms with Gasteiger partial charge in [0.2, 0.25) is 5.91 Å². The molecule has 2 N–H and O–H groups in total. The van der Waals surface area contributed by atoms with Gasteiger partial charge in [0.05, 0.1) is 20.3 Å². The lowest BCUT2D eigenvalue weighted by Gasteiger charge is -2.32. The average molecular weight is 627 g/mol. The van der Waals surface area contributed by atoms with Crippen LogP contribution in [0.2, 0.25) is 0 Å². The van der Waals surface area contributed by atoms with Crippen LogP contribution in [-0.2, 0) is 20.8 Å². The minimum atomic E-state index is -0.646. The Morgan fingerprint density at radius 1 is 1.00 bits per heavy atom. The summed E-state index contributed by atoms with van der Waals surface area (Å²) in [7, 11) is 3.20. The fourth-order valence-corrected chi connectivity index (χ4v) is 5.10. The van der Waals surface area contributed by atoms with Crippen LogP contribution < -0.4 is 20.1 Å². The molecule has 248 valence electrons. The maximum Gasteiger partial charge on any atom is 0.410 e. The van der Waals surface area contributed by atoms with E-state index in [1.807, 2.05) is 65.0 Å². The molecule has 45 heavy (non-hydrogen) atoms. The summed E-state index contributed by atoms with van der Waals surface area (Å²) in [6.45, 7) is 12.0. The summed E-state index contributed by atoms with van der Waals surface area (Å²) in [5, 5.41) is 6.29. The van der Waals surface area contributed by atoms with Crippen molar-refractivity contribution < 1.29 is 33.3 Å². The average Bonchev–Trinajstić information content (AvgIpc) is 3.42. The molecule has 2 unspecified atom stereocenters. The van der Waals surface area contributed by atoms with Gasteiger partial charge in [-0.15, -0.1) is 0 Å². The SMILES string of the molecule is COCCCOc1cc(C(=O)N(CC2CN(C(=O)OC(C)(C)C)CC2NCC(=O)NCc2ccccc2)C(C)C)ccc1OC. The third kappa shape index (κ3) is 11.2. The molecule has 2 aromatic rings. The summed E-state index contributed by atoms with van der Waals surface area (Å²) >= 11 is 0. The minimum absolute atomic E-state index is 0.0774. The summed E-state index contributed by atoms with van der Waals surface area (Å²) < 4.78 is 22.1. The van der Waals surface area contributed by atoms with Gasteiger partial charge in [0.15, 0.2) is 11.5 Å². The first-order chi connectivity index (χ1) is 21.4. The number of carbonyl (C=O) groups excluding carboxylic acids is 3. The molecule has 0 saturated carbocycles. The van der Waals surface area contributed by atoms with Crippen LogP contribution in [-0.4, -0.2) is 99.0 Å². The number of likely N-dealkylation sites (tertiary alicyclic amines) is 1. The van der Waals surface area contributed by atoms with Gasteiger partial charge >= 0.3 is 6.09 Å². The zero-order valence-corrected chi connectivity index (χ0v) is 27.8. The van der Waals surface area contributed by atoms with Crippen molar-refractivity contribution in [3.8, 4) is 11.5 Å². The van der Waals surface area contributed by atoms with Gasteiger partial charge in [-0.05, 0) is 58.4 Å². The molecule has 2 aromatic carbocycles. The van der Waals surface area contributed by atoms with Crippen LogP contribution in [0.4, 0.5) is 4.79 Å². The number of hydrogen-bond acceptors (Lipinski definition) is 8. The number of methoxy groups -OCH3 is 2. The van der Waals surface area contributed by atoms with Gasteiger partial charge in [-0.3, -0.25) is 9.59 Å². The number of hydrogen-bond donors (Lipinski definition) is 2. The highest BCUT2D eigenvalue weighted by Crippen LogP contribution is 2.30. The van der Waals surface area contributed by atoms with Gasteiger partial charge in [0.1, 0.15) is 5.60 Å². The highest BCUT2D eigenvalue weighted by atomic mass is 16.6. The van der Waals surface area contributed by atoms with E-state index in [-0.39, 0.29) is 36.4 Å². The summed E-state index contributed by atoms with van der Waals surface area (Å²) in [6, 6.07) is 14.5. The quantitative estimate of drug-likeness (QED) is 0.284. The van der Waals surface area contributed by atoms with Crippen molar-refractivity contribution in [1.82, 2.24) is 20.4 Å².